The molecule has 1 atom stereocenters. The number of fused-ring (bicyclic) bond motifs is 1. The summed E-state index contributed by atoms with van der Waals surface area (Å²) in [6, 6.07) is 5.35. The van der Waals surface area contributed by atoms with E-state index in [1.54, 1.807) is 15.9 Å². The number of halogens is 1. The molecule has 0 aromatic heterocycles. The van der Waals surface area contributed by atoms with E-state index in [1.165, 1.54) is 0 Å². The highest BCUT2D eigenvalue weighted by Gasteiger charge is 2.34. The summed E-state index contributed by atoms with van der Waals surface area (Å²) in [5.74, 6) is 0.0166. The van der Waals surface area contributed by atoms with Gasteiger partial charge in [0.2, 0.25) is 5.91 Å². The van der Waals surface area contributed by atoms with Gasteiger partial charge in [-0.1, -0.05) is 23.7 Å². The van der Waals surface area contributed by atoms with E-state index in [1.807, 2.05) is 32.9 Å². The van der Waals surface area contributed by atoms with E-state index in [2.05, 4.69) is 5.32 Å². The van der Waals surface area contributed by atoms with Crippen LogP contribution in [0.1, 0.15) is 39.2 Å². The monoisotopic (exact) mass is 379 g/mol. The average Bonchev–Trinajstić information content (AvgIpc) is 3.00. The van der Waals surface area contributed by atoms with Gasteiger partial charge in [-0.2, -0.15) is 0 Å². The van der Waals surface area contributed by atoms with Crippen molar-refractivity contribution in [3.05, 3.63) is 28.8 Å². The van der Waals surface area contributed by atoms with Crippen LogP contribution in [0.25, 0.3) is 0 Å². The number of carbonyl (C=O) groups excluding carboxylic acids is 2. The Kier molecular flexibility index (Phi) is 5.44. The first-order valence-electron chi connectivity index (χ1n) is 9.06. The van der Waals surface area contributed by atoms with Gasteiger partial charge in [0.05, 0.1) is 23.3 Å². The van der Waals surface area contributed by atoms with Crippen molar-refractivity contribution < 1.29 is 14.3 Å². The van der Waals surface area contributed by atoms with Crippen molar-refractivity contribution in [2.75, 3.05) is 24.5 Å². The summed E-state index contributed by atoms with van der Waals surface area (Å²) >= 11 is 6.44. The number of ether oxygens (including phenoxy) is 1. The molecular weight excluding hydrogens is 354 g/mol. The zero-order valence-electron chi connectivity index (χ0n) is 15.5. The van der Waals surface area contributed by atoms with Gasteiger partial charge >= 0.3 is 6.09 Å². The Morgan fingerprint density at radius 2 is 2.04 bits per heavy atom. The van der Waals surface area contributed by atoms with Crippen LogP contribution in [0.5, 0.6) is 0 Å². The Hall–Kier alpha value is -1.79. The lowest BCUT2D eigenvalue weighted by molar-refractivity contribution is -0.120. The molecule has 26 heavy (non-hydrogen) atoms. The molecule has 3 rings (SSSR count). The number of carbonyl (C=O) groups is 2. The molecule has 1 aromatic rings. The molecule has 6 nitrogen and oxygen atoms in total. The molecule has 0 radical (unpaired) electrons. The minimum absolute atomic E-state index is 0.0166. The van der Waals surface area contributed by atoms with Crippen LogP contribution in [0.3, 0.4) is 0 Å². The van der Waals surface area contributed by atoms with Gasteiger partial charge in [-0.15, -0.1) is 0 Å². The largest absolute Gasteiger partial charge is 0.444 e. The summed E-state index contributed by atoms with van der Waals surface area (Å²) in [5, 5.41) is 3.78. The molecule has 1 aromatic carbocycles. The van der Waals surface area contributed by atoms with Crippen LogP contribution in [-0.2, 0) is 16.1 Å². The van der Waals surface area contributed by atoms with Gasteiger partial charge in [-0.25, -0.2) is 4.79 Å². The maximum atomic E-state index is 13.0. The molecular formula is C19H26ClN3O3. The highest BCUT2D eigenvalue weighted by molar-refractivity contribution is 6.34. The second-order valence-corrected chi connectivity index (χ2v) is 8.20. The summed E-state index contributed by atoms with van der Waals surface area (Å²) in [6.45, 7) is 7.54. The fourth-order valence-electron chi connectivity index (χ4n) is 3.39. The second kappa shape index (κ2) is 7.45. The first-order valence-corrected chi connectivity index (χ1v) is 9.44. The first kappa shape index (κ1) is 19.0. The fourth-order valence-corrected chi connectivity index (χ4v) is 3.69. The van der Waals surface area contributed by atoms with Crippen LogP contribution in [0.15, 0.2) is 18.2 Å². The van der Waals surface area contributed by atoms with Crippen LogP contribution in [-0.4, -0.2) is 48.2 Å². The third kappa shape index (κ3) is 4.13. The van der Waals surface area contributed by atoms with Crippen molar-refractivity contribution in [1.82, 2.24) is 10.2 Å². The standard InChI is InChI=1S/C19H26ClN3O3/c1-19(2,3)26-18(25)22-10-11-23(17(24)15-8-5-9-21-15)16-13(12-22)6-4-7-14(16)20/h4,6-7,15,21H,5,8-12H2,1-3H3/t15-/m0/s1. The number of amides is 2. The summed E-state index contributed by atoms with van der Waals surface area (Å²) < 4.78 is 5.51. The van der Waals surface area contributed by atoms with Gasteiger partial charge in [0.25, 0.3) is 0 Å². The molecule has 2 aliphatic rings. The van der Waals surface area contributed by atoms with Gasteiger partial charge in [0, 0.05) is 13.1 Å². The first-order chi connectivity index (χ1) is 12.3. The van der Waals surface area contributed by atoms with Crippen LogP contribution in [0.2, 0.25) is 5.02 Å². The van der Waals surface area contributed by atoms with E-state index < -0.39 is 5.60 Å². The third-order valence-corrected chi connectivity index (χ3v) is 4.88. The van der Waals surface area contributed by atoms with Gasteiger partial charge in [0.15, 0.2) is 0 Å². The Morgan fingerprint density at radius 3 is 2.69 bits per heavy atom. The topological polar surface area (TPSA) is 61.9 Å². The van der Waals surface area contributed by atoms with Gasteiger partial charge in [-0.3, -0.25) is 4.79 Å². The molecule has 0 saturated carbocycles. The molecule has 0 aliphatic carbocycles. The van der Waals surface area contributed by atoms with E-state index in [0.29, 0.717) is 30.3 Å². The quantitative estimate of drug-likeness (QED) is 0.814. The summed E-state index contributed by atoms with van der Waals surface area (Å²) in [6.07, 6.45) is 1.44. The number of nitrogens with zero attached hydrogens (tertiary/aromatic N) is 2. The fraction of sp³-hybridized carbons (Fsp3) is 0.579. The number of anilines is 1. The van der Waals surface area contributed by atoms with E-state index in [0.717, 1.165) is 24.9 Å². The molecule has 1 saturated heterocycles. The number of hydrogen-bond donors (Lipinski definition) is 1. The Labute approximate surface area is 159 Å². The van der Waals surface area contributed by atoms with Crippen LogP contribution in [0, 0.1) is 0 Å². The maximum Gasteiger partial charge on any atom is 0.410 e. The van der Waals surface area contributed by atoms with E-state index in [9.17, 15) is 9.59 Å². The second-order valence-electron chi connectivity index (χ2n) is 7.79. The van der Waals surface area contributed by atoms with Gasteiger partial charge in [-0.05, 0) is 51.8 Å². The van der Waals surface area contributed by atoms with Crippen molar-refractivity contribution in [3.8, 4) is 0 Å². The summed E-state index contributed by atoms with van der Waals surface area (Å²) in [4.78, 5) is 29.0. The molecule has 0 unspecified atom stereocenters. The van der Waals surface area contributed by atoms with Crippen molar-refractivity contribution in [3.63, 3.8) is 0 Å². The minimum atomic E-state index is -0.566. The number of rotatable bonds is 1. The minimum Gasteiger partial charge on any atom is -0.444 e. The van der Waals surface area contributed by atoms with Crippen LogP contribution in [0.4, 0.5) is 10.5 Å². The predicted molar refractivity (Wildman–Crippen MR) is 101 cm³/mol. The summed E-state index contributed by atoms with van der Waals surface area (Å²) in [7, 11) is 0. The smallest absolute Gasteiger partial charge is 0.410 e. The zero-order chi connectivity index (χ0) is 18.9. The maximum absolute atomic E-state index is 13.0. The van der Waals surface area contributed by atoms with Crippen molar-refractivity contribution in [2.45, 2.75) is 51.8 Å². The number of hydrogen-bond acceptors (Lipinski definition) is 4. The van der Waals surface area contributed by atoms with Crippen LogP contribution < -0.4 is 10.2 Å². The molecule has 7 heteroatoms. The van der Waals surface area contributed by atoms with E-state index in [4.69, 9.17) is 16.3 Å². The van der Waals surface area contributed by atoms with Gasteiger partial charge < -0.3 is 19.9 Å². The van der Waals surface area contributed by atoms with Gasteiger partial charge in [0.1, 0.15) is 5.60 Å². The molecule has 142 valence electrons. The number of para-hydroxylation sites is 1. The predicted octanol–water partition coefficient (Wildman–Crippen LogP) is 3.18. The third-order valence-electron chi connectivity index (χ3n) is 4.57. The molecule has 1 fully saturated rings. The highest BCUT2D eigenvalue weighted by Crippen LogP contribution is 2.34. The molecule has 2 aliphatic heterocycles. The highest BCUT2D eigenvalue weighted by atomic mass is 35.5. The zero-order valence-corrected chi connectivity index (χ0v) is 16.3. The normalized spacial score (nSPS) is 20.5. The van der Waals surface area contributed by atoms with Crippen molar-refractivity contribution in [2.24, 2.45) is 0 Å². The molecule has 2 amide bonds. The molecule has 2 heterocycles. The SMILES string of the molecule is CC(C)(C)OC(=O)N1CCN(C(=O)[C@@H]2CCCN2)c2c(Cl)cccc2C1. The van der Waals surface area contributed by atoms with E-state index in [-0.39, 0.29) is 18.0 Å². The lowest BCUT2D eigenvalue weighted by Crippen LogP contribution is -2.46. The Morgan fingerprint density at radius 1 is 1.27 bits per heavy atom. The average molecular weight is 380 g/mol. The number of nitrogens with one attached hydrogen (secondary N) is 1. The lowest BCUT2D eigenvalue weighted by Gasteiger charge is -2.27. The van der Waals surface area contributed by atoms with Crippen molar-refractivity contribution in [1.29, 1.82) is 0 Å². The van der Waals surface area contributed by atoms with Crippen LogP contribution >= 0.6 is 11.6 Å². The summed E-state index contributed by atoms with van der Waals surface area (Å²) in [5.41, 5.74) is 0.996. The Bertz CT molecular complexity index is 696. The molecule has 0 bridgehead atoms. The van der Waals surface area contributed by atoms with E-state index >= 15 is 0 Å². The molecule has 1 N–H and O–H groups in total. The number of benzene rings is 1. The molecule has 0 spiro atoms. The Balaban J connectivity index is 1.88. The lowest BCUT2D eigenvalue weighted by atomic mass is 10.1. The van der Waals surface area contributed by atoms with Crippen molar-refractivity contribution >= 4 is 29.3 Å².